The third-order valence-corrected chi connectivity index (χ3v) is 4.90. The van der Waals surface area contributed by atoms with Gasteiger partial charge in [0.1, 0.15) is 5.82 Å². The fraction of sp³-hybridized carbons (Fsp3) is 0.438. The lowest BCUT2D eigenvalue weighted by molar-refractivity contribution is 0.0981. The van der Waals surface area contributed by atoms with Crippen LogP contribution >= 0.6 is 0 Å². The highest BCUT2D eigenvalue weighted by molar-refractivity contribution is 7.90. The van der Waals surface area contributed by atoms with Gasteiger partial charge >= 0.3 is 0 Å². The van der Waals surface area contributed by atoms with Gasteiger partial charge in [-0.1, -0.05) is 6.92 Å². The molecule has 0 unspecified atom stereocenters. The number of nitrogens with zero attached hydrogens (tertiary/aromatic N) is 4. The fourth-order valence-electron chi connectivity index (χ4n) is 2.34. The molecular formula is C16H23N5O3S. The molecule has 0 saturated carbocycles. The van der Waals surface area contributed by atoms with Gasteiger partial charge in [-0.15, -0.1) is 0 Å². The lowest BCUT2D eigenvalue weighted by atomic mass is 10.2. The Morgan fingerprint density at radius 3 is 2.60 bits per heavy atom. The van der Waals surface area contributed by atoms with E-state index in [1.807, 2.05) is 18.7 Å². The average Bonchev–Trinajstić information content (AvgIpc) is 3.13. The van der Waals surface area contributed by atoms with Crippen LogP contribution < -0.4 is 9.62 Å². The Labute approximate surface area is 147 Å². The minimum atomic E-state index is -3.65. The molecule has 0 bridgehead atoms. The zero-order valence-electron chi connectivity index (χ0n) is 14.6. The van der Waals surface area contributed by atoms with E-state index in [4.69, 9.17) is 0 Å². The van der Waals surface area contributed by atoms with E-state index in [2.05, 4.69) is 14.8 Å². The van der Waals surface area contributed by atoms with Gasteiger partial charge in [-0.2, -0.15) is 5.10 Å². The van der Waals surface area contributed by atoms with Crippen LogP contribution in [-0.2, 0) is 10.0 Å². The third-order valence-electron chi connectivity index (χ3n) is 3.65. The monoisotopic (exact) mass is 365 g/mol. The number of hydrogen-bond donors (Lipinski definition) is 1. The second-order valence-electron chi connectivity index (χ2n) is 5.41. The smallest absolute Gasteiger partial charge is 0.268 e. The lowest BCUT2D eigenvalue weighted by Gasteiger charge is -2.24. The molecule has 136 valence electrons. The molecule has 2 rings (SSSR count). The van der Waals surface area contributed by atoms with Gasteiger partial charge in [0.25, 0.3) is 5.91 Å². The molecule has 2 aromatic rings. The SMILES string of the molecule is CCCN(CC)c1nc(-n2cccn2)ccc1C(=O)NS(=O)(=O)CC. The van der Waals surface area contributed by atoms with Crippen molar-refractivity contribution < 1.29 is 13.2 Å². The van der Waals surface area contributed by atoms with Gasteiger partial charge in [0, 0.05) is 25.5 Å². The van der Waals surface area contributed by atoms with Crippen LogP contribution in [0.1, 0.15) is 37.6 Å². The van der Waals surface area contributed by atoms with Gasteiger partial charge in [-0.25, -0.2) is 22.8 Å². The molecule has 0 aliphatic rings. The summed E-state index contributed by atoms with van der Waals surface area (Å²) >= 11 is 0. The standard InChI is InChI=1S/C16H23N5O3S/c1-4-11-20(5-2)15-13(16(22)19-25(23,24)6-3)8-9-14(18-15)21-12-7-10-17-21/h7-10,12H,4-6,11H2,1-3H3,(H,19,22). The maximum atomic E-state index is 12.5. The fourth-order valence-corrected chi connectivity index (χ4v) is 2.88. The second kappa shape index (κ2) is 8.11. The zero-order chi connectivity index (χ0) is 18.4. The minimum Gasteiger partial charge on any atom is -0.356 e. The summed E-state index contributed by atoms with van der Waals surface area (Å²) in [5, 5.41) is 4.15. The Morgan fingerprint density at radius 2 is 2.04 bits per heavy atom. The van der Waals surface area contributed by atoms with Crippen LogP contribution in [0.25, 0.3) is 5.82 Å². The molecule has 9 heteroatoms. The number of anilines is 1. The zero-order valence-corrected chi connectivity index (χ0v) is 15.5. The number of sulfonamides is 1. The molecule has 0 radical (unpaired) electrons. The van der Waals surface area contributed by atoms with Crippen molar-refractivity contribution in [2.45, 2.75) is 27.2 Å². The summed E-state index contributed by atoms with van der Waals surface area (Å²) in [6.07, 6.45) is 4.26. The first-order valence-corrected chi connectivity index (χ1v) is 9.87. The van der Waals surface area contributed by atoms with Gasteiger partial charge in [0.2, 0.25) is 10.0 Å². The van der Waals surface area contributed by atoms with Crippen molar-refractivity contribution in [3.63, 3.8) is 0 Å². The van der Waals surface area contributed by atoms with Gasteiger partial charge in [-0.3, -0.25) is 4.79 Å². The van der Waals surface area contributed by atoms with Gasteiger partial charge < -0.3 is 4.90 Å². The highest BCUT2D eigenvalue weighted by Crippen LogP contribution is 2.21. The molecule has 25 heavy (non-hydrogen) atoms. The predicted octanol–water partition coefficient (Wildman–Crippen LogP) is 1.58. The largest absolute Gasteiger partial charge is 0.356 e. The molecule has 0 atom stereocenters. The molecule has 0 aliphatic heterocycles. The van der Waals surface area contributed by atoms with Gasteiger partial charge in [0.15, 0.2) is 5.82 Å². The Morgan fingerprint density at radius 1 is 1.28 bits per heavy atom. The summed E-state index contributed by atoms with van der Waals surface area (Å²) in [6, 6.07) is 5.00. The number of carbonyl (C=O) groups excluding carboxylic acids is 1. The highest BCUT2D eigenvalue weighted by atomic mass is 32.2. The molecule has 0 saturated heterocycles. The van der Waals surface area contributed by atoms with E-state index in [0.717, 1.165) is 6.42 Å². The lowest BCUT2D eigenvalue weighted by Crippen LogP contribution is -2.34. The minimum absolute atomic E-state index is 0.167. The molecule has 2 aromatic heterocycles. The highest BCUT2D eigenvalue weighted by Gasteiger charge is 2.21. The van der Waals surface area contributed by atoms with Crippen LogP contribution in [0.5, 0.6) is 0 Å². The number of aromatic nitrogens is 3. The Hall–Kier alpha value is -2.42. The number of pyridine rings is 1. The normalized spacial score (nSPS) is 11.3. The summed E-state index contributed by atoms with van der Waals surface area (Å²) in [4.78, 5) is 19.0. The van der Waals surface area contributed by atoms with Crippen LogP contribution in [0.4, 0.5) is 5.82 Å². The molecule has 0 aromatic carbocycles. The average molecular weight is 365 g/mol. The van der Waals surface area contributed by atoms with Crippen molar-refractivity contribution in [2.24, 2.45) is 0 Å². The number of rotatable bonds is 8. The molecule has 1 N–H and O–H groups in total. The molecule has 0 aliphatic carbocycles. The molecule has 0 spiro atoms. The first kappa shape index (κ1) is 18.9. The van der Waals surface area contributed by atoms with E-state index in [9.17, 15) is 13.2 Å². The van der Waals surface area contributed by atoms with Crippen molar-refractivity contribution >= 4 is 21.7 Å². The van der Waals surface area contributed by atoms with Crippen LogP contribution in [0.15, 0.2) is 30.6 Å². The van der Waals surface area contributed by atoms with Crippen LogP contribution in [0.3, 0.4) is 0 Å². The maximum Gasteiger partial charge on any atom is 0.268 e. The Kier molecular flexibility index (Phi) is 6.13. The van der Waals surface area contributed by atoms with Crippen molar-refractivity contribution in [1.29, 1.82) is 0 Å². The summed E-state index contributed by atoms with van der Waals surface area (Å²) in [5.74, 6) is 0.163. The van der Waals surface area contributed by atoms with Crippen molar-refractivity contribution in [3.8, 4) is 5.82 Å². The second-order valence-corrected chi connectivity index (χ2v) is 7.42. The van der Waals surface area contributed by atoms with Crippen LogP contribution in [0, 0.1) is 0 Å². The molecule has 8 nitrogen and oxygen atoms in total. The quantitative estimate of drug-likeness (QED) is 0.763. The van der Waals surface area contributed by atoms with E-state index in [0.29, 0.717) is 24.7 Å². The number of amides is 1. The summed E-state index contributed by atoms with van der Waals surface area (Å²) in [6.45, 7) is 6.81. The van der Waals surface area contributed by atoms with Gasteiger partial charge in [-0.05, 0) is 38.5 Å². The molecular weight excluding hydrogens is 342 g/mol. The van der Waals surface area contributed by atoms with Crippen molar-refractivity contribution in [3.05, 3.63) is 36.2 Å². The van der Waals surface area contributed by atoms with E-state index in [-0.39, 0.29) is 11.3 Å². The van der Waals surface area contributed by atoms with Gasteiger partial charge in [0.05, 0.1) is 11.3 Å². The first-order chi connectivity index (χ1) is 11.9. The maximum absolute atomic E-state index is 12.5. The van der Waals surface area contributed by atoms with E-state index >= 15 is 0 Å². The number of hydrogen-bond acceptors (Lipinski definition) is 6. The van der Waals surface area contributed by atoms with E-state index in [1.54, 1.807) is 35.3 Å². The first-order valence-electron chi connectivity index (χ1n) is 8.22. The van der Waals surface area contributed by atoms with E-state index < -0.39 is 15.9 Å². The summed E-state index contributed by atoms with van der Waals surface area (Å²) in [7, 11) is -3.65. The third kappa shape index (κ3) is 4.56. The van der Waals surface area contributed by atoms with E-state index in [1.165, 1.54) is 6.92 Å². The number of nitrogens with one attached hydrogen (secondary N) is 1. The predicted molar refractivity (Wildman–Crippen MR) is 96.5 cm³/mol. The Bertz CT molecular complexity index is 818. The topological polar surface area (TPSA) is 97.2 Å². The van der Waals surface area contributed by atoms with Crippen LogP contribution in [-0.4, -0.2) is 47.9 Å². The number of carbonyl (C=O) groups is 1. The molecule has 2 heterocycles. The van der Waals surface area contributed by atoms with Crippen molar-refractivity contribution in [2.75, 3.05) is 23.7 Å². The summed E-state index contributed by atoms with van der Waals surface area (Å²) < 4.78 is 27.1. The molecule has 0 fully saturated rings. The van der Waals surface area contributed by atoms with Crippen LogP contribution in [0.2, 0.25) is 0 Å². The Balaban J connectivity index is 2.49. The molecule has 1 amide bonds. The summed E-state index contributed by atoms with van der Waals surface area (Å²) in [5.41, 5.74) is 0.225. The van der Waals surface area contributed by atoms with Crippen molar-refractivity contribution in [1.82, 2.24) is 19.5 Å².